The number of halogens is 2. The highest BCUT2D eigenvalue weighted by Crippen LogP contribution is 2.36. The molecular formula is C23H19Cl2N5O2S2. The van der Waals surface area contributed by atoms with Crippen molar-refractivity contribution in [3.63, 3.8) is 0 Å². The molecule has 4 rings (SSSR count). The van der Waals surface area contributed by atoms with Crippen LogP contribution in [0.1, 0.15) is 22.8 Å². The summed E-state index contributed by atoms with van der Waals surface area (Å²) >= 11 is 19.3. The lowest BCUT2D eigenvalue weighted by molar-refractivity contribution is 0.0528. The van der Waals surface area contributed by atoms with Crippen LogP contribution >= 0.6 is 46.8 Å². The second-order valence-electron chi connectivity index (χ2n) is 6.99. The Labute approximate surface area is 215 Å². The highest BCUT2D eigenvalue weighted by atomic mass is 35.5. The maximum absolute atomic E-state index is 12.5. The molecule has 0 saturated carbocycles. The molecule has 0 saturated heterocycles. The van der Waals surface area contributed by atoms with Crippen molar-refractivity contribution in [3.05, 3.63) is 82.1 Å². The molecule has 0 amide bonds. The van der Waals surface area contributed by atoms with Gasteiger partial charge in [-0.3, -0.25) is 5.32 Å². The van der Waals surface area contributed by atoms with Gasteiger partial charge in [-0.25, -0.2) is 14.5 Å². The fourth-order valence-corrected chi connectivity index (χ4v) is 4.93. The number of anilines is 2. The molecule has 34 heavy (non-hydrogen) atoms. The second-order valence-corrected chi connectivity index (χ2v) is 9.26. The van der Waals surface area contributed by atoms with E-state index in [0.717, 1.165) is 16.0 Å². The lowest BCUT2D eigenvalue weighted by Gasteiger charge is -2.08. The monoisotopic (exact) mass is 531 g/mol. The van der Waals surface area contributed by atoms with Gasteiger partial charge in [0.25, 0.3) is 0 Å². The normalized spacial score (nSPS) is 10.7. The molecule has 0 aliphatic carbocycles. The summed E-state index contributed by atoms with van der Waals surface area (Å²) in [7, 11) is 0. The molecule has 7 nitrogen and oxygen atoms in total. The van der Waals surface area contributed by atoms with Crippen molar-refractivity contribution in [2.75, 3.05) is 17.2 Å². The number of carbonyl (C=O) groups is 1. The molecule has 0 bridgehead atoms. The SMILES string of the molecule is CCOC(=O)c1cc(-c2ccccc2)sc1NC(=S)Nc1ncn(Cc2c(Cl)cccc2Cl)n1. The highest BCUT2D eigenvalue weighted by molar-refractivity contribution is 7.80. The van der Waals surface area contributed by atoms with Gasteiger partial charge in [-0.15, -0.1) is 16.4 Å². The fraction of sp³-hybridized carbons (Fsp3) is 0.130. The third-order valence-corrected chi connectivity index (χ3v) is 6.67. The van der Waals surface area contributed by atoms with Crippen molar-refractivity contribution in [1.82, 2.24) is 14.8 Å². The minimum atomic E-state index is -0.426. The fourth-order valence-electron chi connectivity index (χ4n) is 3.10. The summed E-state index contributed by atoms with van der Waals surface area (Å²) in [4.78, 5) is 17.7. The Hall–Kier alpha value is -2.98. The summed E-state index contributed by atoms with van der Waals surface area (Å²) in [6.07, 6.45) is 1.55. The third-order valence-electron chi connectivity index (χ3n) is 4.66. The van der Waals surface area contributed by atoms with Crippen molar-refractivity contribution in [2.45, 2.75) is 13.5 Å². The molecule has 0 aliphatic rings. The Kier molecular flexibility index (Phi) is 7.79. The number of hydrogen-bond acceptors (Lipinski definition) is 6. The van der Waals surface area contributed by atoms with Gasteiger partial charge < -0.3 is 10.1 Å². The zero-order valence-corrected chi connectivity index (χ0v) is 21.1. The predicted octanol–water partition coefficient (Wildman–Crippen LogP) is 6.35. The molecule has 2 aromatic heterocycles. The van der Waals surface area contributed by atoms with Gasteiger partial charge in [-0.2, -0.15) is 0 Å². The number of thiocarbonyl (C=S) groups is 1. The van der Waals surface area contributed by atoms with Gasteiger partial charge in [0.15, 0.2) is 5.11 Å². The van der Waals surface area contributed by atoms with Crippen LogP contribution in [0.3, 0.4) is 0 Å². The molecule has 11 heteroatoms. The number of nitrogens with zero attached hydrogens (tertiary/aromatic N) is 3. The number of esters is 1. The molecule has 174 valence electrons. The van der Waals surface area contributed by atoms with E-state index in [1.807, 2.05) is 30.3 Å². The molecule has 0 atom stereocenters. The van der Waals surface area contributed by atoms with Crippen molar-refractivity contribution in [1.29, 1.82) is 0 Å². The Morgan fingerprint density at radius 3 is 2.56 bits per heavy atom. The lowest BCUT2D eigenvalue weighted by atomic mass is 10.1. The van der Waals surface area contributed by atoms with Crippen molar-refractivity contribution in [2.24, 2.45) is 0 Å². The van der Waals surface area contributed by atoms with Gasteiger partial charge in [-0.05, 0) is 42.9 Å². The van der Waals surface area contributed by atoms with Crippen LogP contribution in [0, 0.1) is 0 Å². The molecule has 0 radical (unpaired) electrons. The molecule has 0 unspecified atom stereocenters. The van der Waals surface area contributed by atoms with E-state index in [4.69, 9.17) is 40.2 Å². The number of ether oxygens (including phenoxy) is 1. The molecule has 0 aliphatic heterocycles. The van der Waals surface area contributed by atoms with E-state index in [2.05, 4.69) is 20.7 Å². The largest absolute Gasteiger partial charge is 0.462 e. The van der Waals surface area contributed by atoms with Gasteiger partial charge in [0, 0.05) is 20.5 Å². The first-order valence-electron chi connectivity index (χ1n) is 10.2. The van der Waals surface area contributed by atoms with Crippen LogP contribution in [0.4, 0.5) is 10.9 Å². The average molecular weight is 532 g/mol. The summed E-state index contributed by atoms with van der Waals surface area (Å²) in [6.45, 7) is 2.39. The van der Waals surface area contributed by atoms with Gasteiger partial charge in [0.2, 0.25) is 5.95 Å². The van der Waals surface area contributed by atoms with Crippen molar-refractivity contribution < 1.29 is 9.53 Å². The van der Waals surface area contributed by atoms with E-state index in [9.17, 15) is 4.79 Å². The third kappa shape index (κ3) is 5.74. The Morgan fingerprint density at radius 1 is 1.12 bits per heavy atom. The second kappa shape index (κ2) is 11.0. The first-order valence-corrected chi connectivity index (χ1v) is 12.2. The highest BCUT2D eigenvalue weighted by Gasteiger charge is 2.19. The maximum atomic E-state index is 12.5. The molecule has 2 N–H and O–H groups in total. The minimum absolute atomic E-state index is 0.237. The Morgan fingerprint density at radius 2 is 1.85 bits per heavy atom. The summed E-state index contributed by atoms with van der Waals surface area (Å²) in [5, 5.41) is 12.3. The van der Waals surface area contributed by atoms with E-state index >= 15 is 0 Å². The minimum Gasteiger partial charge on any atom is -0.462 e. The number of hydrogen-bond donors (Lipinski definition) is 2. The van der Waals surface area contributed by atoms with E-state index in [0.29, 0.717) is 27.2 Å². The summed E-state index contributed by atoms with van der Waals surface area (Å²) in [5.74, 6) is -0.136. The van der Waals surface area contributed by atoms with Crippen LogP contribution in [0.2, 0.25) is 10.0 Å². The zero-order chi connectivity index (χ0) is 24.1. The number of carbonyl (C=O) groups excluding carboxylic acids is 1. The van der Waals surface area contributed by atoms with Crippen LogP contribution in [0.5, 0.6) is 0 Å². The van der Waals surface area contributed by atoms with E-state index in [1.165, 1.54) is 11.3 Å². The zero-order valence-electron chi connectivity index (χ0n) is 17.9. The Balaban J connectivity index is 1.49. The summed E-state index contributed by atoms with van der Waals surface area (Å²) in [6, 6.07) is 16.9. The van der Waals surface area contributed by atoms with Gasteiger partial charge in [0.1, 0.15) is 11.3 Å². The van der Waals surface area contributed by atoms with E-state index < -0.39 is 5.97 Å². The molecule has 2 aromatic carbocycles. The standard InChI is InChI=1S/C23H19Cl2N5O2S2/c1-2-32-21(31)15-11-19(14-7-4-3-5-8-14)34-20(15)27-23(33)28-22-26-13-30(29-22)12-16-17(24)9-6-10-18(16)25/h3-11,13H,2,12H2,1H3,(H2,27,28,29,33). The number of rotatable bonds is 7. The topological polar surface area (TPSA) is 81.1 Å². The van der Waals surface area contributed by atoms with Crippen LogP contribution in [-0.2, 0) is 11.3 Å². The molecule has 0 fully saturated rings. The van der Waals surface area contributed by atoms with Gasteiger partial charge >= 0.3 is 5.97 Å². The average Bonchev–Trinajstić information content (AvgIpc) is 3.44. The number of nitrogens with one attached hydrogen (secondary N) is 2. The first-order chi connectivity index (χ1) is 16.4. The molecule has 2 heterocycles. The van der Waals surface area contributed by atoms with Crippen LogP contribution in [0.15, 0.2) is 60.9 Å². The van der Waals surface area contributed by atoms with Gasteiger partial charge in [-0.1, -0.05) is 59.6 Å². The summed E-state index contributed by atoms with van der Waals surface area (Å²) in [5.41, 5.74) is 2.14. The number of benzene rings is 2. The van der Waals surface area contributed by atoms with E-state index in [-0.39, 0.29) is 17.7 Å². The quantitative estimate of drug-likeness (QED) is 0.212. The van der Waals surface area contributed by atoms with Gasteiger partial charge in [0.05, 0.1) is 18.7 Å². The molecule has 0 spiro atoms. The summed E-state index contributed by atoms with van der Waals surface area (Å²) < 4.78 is 6.81. The van der Waals surface area contributed by atoms with Crippen LogP contribution in [0.25, 0.3) is 10.4 Å². The predicted molar refractivity (Wildman–Crippen MR) is 141 cm³/mol. The molecular weight excluding hydrogens is 513 g/mol. The number of thiophene rings is 1. The van der Waals surface area contributed by atoms with Crippen molar-refractivity contribution in [3.8, 4) is 10.4 Å². The molecule has 4 aromatic rings. The first kappa shape index (κ1) is 24.2. The Bertz CT molecular complexity index is 1300. The van der Waals surface area contributed by atoms with Crippen LogP contribution in [-0.4, -0.2) is 32.5 Å². The maximum Gasteiger partial charge on any atom is 0.341 e. The van der Waals surface area contributed by atoms with Crippen LogP contribution < -0.4 is 10.6 Å². The van der Waals surface area contributed by atoms with Crippen molar-refractivity contribution >= 4 is 68.8 Å². The van der Waals surface area contributed by atoms with E-state index in [1.54, 1.807) is 42.2 Å². The smallest absolute Gasteiger partial charge is 0.341 e. The lowest BCUT2D eigenvalue weighted by Crippen LogP contribution is -2.21. The number of aromatic nitrogens is 3.